The molecule has 0 saturated carbocycles. The van der Waals surface area contributed by atoms with Gasteiger partial charge in [-0.15, -0.1) is 0 Å². The van der Waals surface area contributed by atoms with Crippen LogP contribution in [0.4, 0.5) is 14.5 Å². The minimum absolute atomic E-state index is 0.000641. The maximum atomic E-state index is 12.8. The predicted octanol–water partition coefficient (Wildman–Crippen LogP) is 2.62. The van der Waals surface area contributed by atoms with Gasteiger partial charge in [-0.05, 0) is 25.1 Å². The van der Waals surface area contributed by atoms with Crippen LogP contribution >= 0.6 is 23.2 Å². The van der Waals surface area contributed by atoms with Crippen LogP contribution in [0.15, 0.2) is 18.2 Å². The summed E-state index contributed by atoms with van der Waals surface area (Å²) < 4.78 is 25.6. The Labute approximate surface area is 135 Å². The first kappa shape index (κ1) is 18.1. The molecule has 1 unspecified atom stereocenters. The van der Waals surface area contributed by atoms with Crippen molar-refractivity contribution in [3.63, 3.8) is 0 Å². The standard InChI is InChI=1S/C13H11Cl2F2N3O2/c1-7(12(21)19-5-4-18)20(13(22)11(16)17)8-2-3-9(14)10(15)6-8/h2-3,6-7,11H,5H2,1H3,(H,19,21). The second-order valence-corrected chi connectivity index (χ2v) is 4.97. The number of hydrogen-bond acceptors (Lipinski definition) is 3. The van der Waals surface area contributed by atoms with Gasteiger partial charge < -0.3 is 5.32 Å². The largest absolute Gasteiger partial charge is 0.341 e. The Morgan fingerprint density at radius 3 is 2.50 bits per heavy atom. The quantitative estimate of drug-likeness (QED) is 0.830. The van der Waals surface area contributed by atoms with Gasteiger partial charge in [-0.1, -0.05) is 23.2 Å². The van der Waals surface area contributed by atoms with E-state index in [1.54, 1.807) is 6.07 Å². The molecule has 0 aliphatic carbocycles. The van der Waals surface area contributed by atoms with E-state index in [-0.39, 0.29) is 22.3 Å². The van der Waals surface area contributed by atoms with Crippen LogP contribution in [0.5, 0.6) is 0 Å². The molecule has 22 heavy (non-hydrogen) atoms. The summed E-state index contributed by atoms with van der Waals surface area (Å²) in [5.41, 5.74) is -0.000641. The Hall–Kier alpha value is -1.91. The highest BCUT2D eigenvalue weighted by molar-refractivity contribution is 6.42. The van der Waals surface area contributed by atoms with Gasteiger partial charge in [0.2, 0.25) is 5.91 Å². The number of amides is 2. The van der Waals surface area contributed by atoms with Crippen LogP contribution in [0.2, 0.25) is 10.0 Å². The average Bonchev–Trinajstić information content (AvgIpc) is 2.48. The molecule has 1 N–H and O–H groups in total. The summed E-state index contributed by atoms with van der Waals surface area (Å²) in [6, 6.07) is 4.25. The van der Waals surface area contributed by atoms with Gasteiger partial charge in [0.15, 0.2) is 0 Å². The van der Waals surface area contributed by atoms with Crippen molar-refractivity contribution in [3.8, 4) is 6.07 Å². The lowest BCUT2D eigenvalue weighted by molar-refractivity contribution is -0.132. The van der Waals surface area contributed by atoms with E-state index in [1.807, 2.05) is 0 Å². The Bertz CT molecular complexity index is 620. The van der Waals surface area contributed by atoms with Crippen molar-refractivity contribution in [1.82, 2.24) is 5.32 Å². The van der Waals surface area contributed by atoms with Crippen LogP contribution in [0.1, 0.15) is 6.92 Å². The molecule has 0 spiro atoms. The van der Waals surface area contributed by atoms with Crippen molar-refractivity contribution < 1.29 is 18.4 Å². The molecule has 118 valence electrons. The van der Waals surface area contributed by atoms with E-state index in [0.29, 0.717) is 4.90 Å². The highest BCUT2D eigenvalue weighted by Gasteiger charge is 2.32. The summed E-state index contributed by atoms with van der Waals surface area (Å²) in [4.78, 5) is 24.2. The molecule has 0 aliphatic rings. The summed E-state index contributed by atoms with van der Waals surface area (Å²) in [6.45, 7) is 0.955. The molecule has 0 aromatic heterocycles. The van der Waals surface area contributed by atoms with E-state index in [1.165, 1.54) is 25.1 Å². The van der Waals surface area contributed by atoms with E-state index >= 15 is 0 Å². The lowest BCUT2D eigenvalue weighted by atomic mass is 10.2. The minimum atomic E-state index is -3.30. The van der Waals surface area contributed by atoms with Gasteiger partial charge in [0.25, 0.3) is 5.91 Å². The van der Waals surface area contributed by atoms with E-state index in [9.17, 15) is 18.4 Å². The van der Waals surface area contributed by atoms with Gasteiger partial charge in [0.1, 0.15) is 12.6 Å². The number of rotatable bonds is 5. The van der Waals surface area contributed by atoms with E-state index in [4.69, 9.17) is 28.5 Å². The molecule has 2 amide bonds. The zero-order valence-electron chi connectivity index (χ0n) is 11.3. The maximum Gasteiger partial charge on any atom is 0.316 e. The van der Waals surface area contributed by atoms with Gasteiger partial charge in [-0.25, -0.2) is 0 Å². The summed E-state index contributed by atoms with van der Waals surface area (Å²) in [5, 5.41) is 10.9. The molecule has 0 radical (unpaired) electrons. The number of anilines is 1. The lowest BCUT2D eigenvalue weighted by Crippen LogP contribution is -2.50. The van der Waals surface area contributed by atoms with Crippen LogP contribution in [0.25, 0.3) is 0 Å². The SMILES string of the molecule is CC(C(=O)NCC#N)N(C(=O)C(F)F)c1ccc(Cl)c(Cl)c1. The Morgan fingerprint density at radius 2 is 2.00 bits per heavy atom. The molecule has 5 nitrogen and oxygen atoms in total. The summed E-state index contributed by atoms with van der Waals surface area (Å²) in [7, 11) is 0. The van der Waals surface area contributed by atoms with Crippen LogP contribution in [-0.2, 0) is 9.59 Å². The summed E-state index contributed by atoms with van der Waals surface area (Å²) in [6.07, 6.45) is -3.30. The highest BCUT2D eigenvalue weighted by Crippen LogP contribution is 2.29. The normalized spacial score (nSPS) is 11.7. The van der Waals surface area contributed by atoms with E-state index < -0.39 is 24.3 Å². The molecule has 0 saturated heterocycles. The van der Waals surface area contributed by atoms with Gasteiger partial charge in [0.05, 0.1) is 16.1 Å². The number of nitrogens with one attached hydrogen (secondary N) is 1. The van der Waals surface area contributed by atoms with Crippen molar-refractivity contribution >= 4 is 40.7 Å². The molecular formula is C13H11Cl2F2N3O2. The summed E-state index contributed by atoms with van der Waals surface area (Å²) >= 11 is 11.5. The topological polar surface area (TPSA) is 73.2 Å². The summed E-state index contributed by atoms with van der Waals surface area (Å²) in [5.74, 6) is -2.31. The Kier molecular flexibility index (Phi) is 6.53. The monoisotopic (exact) mass is 349 g/mol. The average molecular weight is 350 g/mol. The number of carbonyl (C=O) groups excluding carboxylic acids is 2. The van der Waals surface area contributed by atoms with Crippen molar-refractivity contribution in [2.24, 2.45) is 0 Å². The fourth-order valence-corrected chi connectivity index (χ4v) is 1.97. The first-order valence-corrected chi connectivity index (χ1v) is 6.76. The molecule has 1 aromatic rings. The molecular weight excluding hydrogens is 339 g/mol. The van der Waals surface area contributed by atoms with Crippen molar-refractivity contribution in [1.29, 1.82) is 5.26 Å². The zero-order chi connectivity index (χ0) is 16.9. The number of alkyl halides is 2. The third-order valence-electron chi connectivity index (χ3n) is 2.71. The van der Waals surface area contributed by atoms with Crippen LogP contribution < -0.4 is 10.2 Å². The number of nitriles is 1. The second kappa shape index (κ2) is 7.92. The number of benzene rings is 1. The number of nitrogens with zero attached hydrogens (tertiary/aromatic N) is 2. The number of halogens is 4. The van der Waals surface area contributed by atoms with Crippen molar-refractivity contribution in [2.45, 2.75) is 19.4 Å². The molecule has 1 atom stereocenters. The predicted molar refractivity (Wildman–Crippen MR) is 78.0 cm³/mol. The molecule has 0 heterocycles. The molecule has 1 aromatic carbocycles. The van der Waals surface area contributed by atoms with Gasteiger partial charge in [-0.3, -0.25) is 14.5 Å². The van der Waals surface area contributed by atoms with Crippen LogP contribution in [-0.4, -0.2) is 30.8 Å². The minimum Gasteiger partial charge on any atom is -0.341 e. The number of hydrogen-bond donors (Lipinski definition) is 1. The van der Waals surface area contributed by atoms with Crippen molar-refractivity contribution in [2.75, 3.05) is 11.4 Å². The van der Waals surface area contributed by atoms with Gasteiger partial charge in [-0.2, -0.15) is 14.0 Å². The van der Waals surface area contributed by atoms with E-state index in [2.05, 4.69) is 5.32 Å². The lowest BCUT2D eigenvalue weighted by Gasteiger charge is -2.28. The van der Waals surface area contributed by atoms with Gasteiger partial charge >= 0.3 is 6.43 Å². The first-order chi connectivity index (χ1) is 10.3. The molecule has 0 fully saturated rings. The fraction of sp³-hybridized carbons (Fsp3) is 0.308. The first-order valence-electron chi connectivity index (χ1n) is 6.00. The Morgan fingerprint density at radius 1 is 1.36 bits per heavy atom. The second-order valence-electron chi connectivity index (χ2n) is 4.16. The highest BCUT2D eigenvalue weighted by atomic mass is 35.5. The van der Waals surface area contributed by atoms with Gasteiger partial charge in [0, 0.05) is 5.69 Å². The maximum absolute atomic E-state index is 12.8. The third kappa shape index (κ3) is 4.29. The smallest absolute Gasteiger partial charge is 0.316 e. The third-order valence-corrected chi connectivity index (χ3v) is 3.45. The molecule has 0 aliphatic heterocycles. The molecule has 0 bridgehead atoms. The fourth-order valence-electron chi connectivity index (χ4n) is 1.67. The van der Waals surface area contributed by atoms with E-state index in [0.717, 1.165) is 0 Å². The molecule has 1 rings (SSSR count). The Balaban J connectivity index is 3.18. The molecule has 9 heteroatoms. The zero-order valence-corrected chi connectivity index (χ0v) is 12.8. The number of carbonyl (C=O) groups is 2. The van der Waals surface area contributed by atoms with Crippen LogP contribution in [0, 0.1) is 11.3 Å². The van der Waals surface area contributed by atoms with Crippen molar-refractivity contribution in [3.05, 3.63) is 28.2 Å². The van der Waals surface area contributed by atoms with Crippen LogP contribution in [0.3, 0.4) is 0 Å².